The number of rotatable bonds is 7. The van der Waals surface area contributed by atoms with Gasteiger partial charge in [0, 0.05) is 12.8 Å². The van der Waals surface area contributed by atoms with Gasteiger partial charge >= 0.3 is 11.9 Å². The molecule has 4 nitrogen and oxygen atoms in total. The lowest BCUT2D eigenvalue weighted by Crippen LogP contribution is -2.10. The highest BCUT2D eigenvalue weighted by atomic mass is 16.5. The molecule has 0 saturated heterocycles. The minimum atomic E-state index is -0.281. The first-order valence-corrected chi connectivity index (χ1v) is 8.09. The van der Waals surface area contributed by atoms with E-state index in [1.165, 1.54) is 0 Å². The summed E-state index contributed by atoms with van der Waals surface area (Å²) in [6, 6.07) is 14.8. The quantitative estimate of drug-likeness (QED) is 0.430. The van der Waals surface area contributed by atoms with Gasteiger partial charge in [-0.3, -0.25) is 9.59 Å². The minimum absolute atomic E-state index is 0.281. The first kappa shape index (κ1) is 17.7. The number of ether oxygens (including phenoxy) is 2. The number of aryl methyl sites for hydroxylation is 2. The van der Waals surface area contributed by atoms with Gasteiger partial charge in [-0.25, -0.2) is 0 Å². The summed E-state index contributed by atoms with van der Waals surface area (Å²) in [5.41, 5.74) is 1.85. The number of hydrogen-bond acceptors (Lipinski definition) is 4. The Morgan fingerprint density at radius 1 is 0.708 bits per heavy atom. The maximum absolute atomic E-state index is 11.8. The molecule has 2 aromatic carbocycles. The molecular formula is C20H22O4. The molecule has 0 aromatic heterocycles. The fourth-order valence-corrected chi connectivity index (χ4v) is 2.23. The molecule has 0 aliphatic heterocycles. The van der Waals surface area contributed by atoms with Crippen molar-refractivity contribution in [2.75, 3.05) is 0 Å². The first-order valence-electron chi connectivity index (χ1n) is 8.09. The number of carbonyl (C=O) groups excluding carboxylic acids is 2. The Balaban J connectivity index is 1.67. The fourth-order valence-electron chi connectivity index (χ4n) is 2.23. The molecule has 126 valence electrons. The number of carbonyl (C=O) groups is 2. The smallest absolute Gasteiger partial charge is 0.311 e. The van der Waals surface area contributed by atoms with Crippen molar-refractivity contribution < 1.29 is 19.1 Å². The molecule has 2 rings (SSSR count). The van der Waals surface area contributed by atoms with Crippen LogP contribution in [0.5, 0.6) is 11.5 Å². The van der Waals surface area contributed by atoms with Crippen LogP contribution in [0.1, 0.15) is 36.8 Å². The summed E-state index contributed by atoms with van der Waals surface area (Å²) in [6.45, 7) is 3.79. The van der Waals surface area contributed by atoms with Crippen molar-refractivity contribution in [3.8, 4) is 11.5 Å². The van der Waals surface area contributed by atoms with E-state index in [9.17, 15) is 9.59 Å². The molecule has 24 heavy (non-hydrogen) atoms. The van der Waals surface area contributed by atoms with Gasteiger partial charge in [0.2, 0.25) is 0 Å². The van der Waals surface area contributed by atoms with Gasteiger partial charge in [0.05, 0.1) is 0 Å². The van der Waals surface area contributed by atoms with Crippen LogP contribution in [0.2, 0.25) is 0 Å². The van der Waals surface area contributed by atoms with Crippen LogP contribution in [0.25, 0.3) is 0 Å². The first-order chi connectivity index (χ1) is 11.6. The van der Waals surface area contributed by atoms with Gasteiger partial charge in [0.1, 0.15) is 11.5 Å². The lowest BCUT2D eigenvalue weighted by molar-refractivity contribution is -0.136. The SMILES string of the molecule is Cc1ccccc1OC(=O)CCCCC(=O)Oc1ccccc1C. The predicted octanol–water partition coefficient (Wildman–Crippen LogP) is 4.37. The molecule has 0 radical (unpaired) electrons. The summed E-state index contributed by atoms with van der Waals surface area (Å²) in [5.74, 6) is 0.607. The van der Waals surface area contributed by atoms with Crippen LogP contribution in [0.4, 0.5) is 0 Å². The van der Waals surface area contributed by atoms with Gasteiger partial charge in [-0.1, -0.05) is 36.4 Å². The fraction of sp³-hybridized carbons (Fsp3) is 0.300. The number of hydrogen-bond donors (Lipinski definition) is 0. The number of unbranched alkanes of at least 4 members (excludes halogenated alkanes) is 1. The maximum Gasteiger partial charge on any atom is 0.311 e. The van der Waals surface area contributed by atoms with Crippen LogP contribution in [0.3, 0.4) is 0 Å². The zero-order valence-electron chi connectivity index (χ0n) is 14.1. The second-order valence-corrected chi connectivity index (χ2v) is 5.69. The van der Waals surface area contributed by atoms with E-state index in [-0.39, 0.29) is 24.8 Å². The molecule has 0 atom stereocenters. The van der Waals surface area contributed by atoms with Gasteiger partial charge in [-0.2, -0.15) is 0 Å². The second kappa shape index (κ2) is 8.87. The van der Waals surface area contributed by atoms with Crippen molar-refractivity contribution in [3.05, 3.63) is 59.7 Å². The van der Waals surface area contributed by atoms with Crippen molar-refractivity contribution >= 4 is 11.9 Å². The highest BCUT2D eigenvalue weighted by Crippen LogP contribution is 2.18. The Hall–Kier alpha value is -2.62. The predicted molar refractivity (Wildman–Crippen MR) is 92.1 cm³/mol. The lowest BCUT2D eigenvalue weighted by Gasteiger charge is -2.08. The third-order valence-electron chi connectivity index (χ3n) is 3.65. The van der Waals surface area contributed by atoms with Gasteiger partial charge < -0.3 is 9.47 Å². The summed E-state index contributed by atoms with van der Waals surface area (Å²) in [6.07, 6.45) is 1.75. The van der Waals surface area contributed by atoms with E-state index in [4.69, 9.17) is 9.47 Å². The van der Waals surface area contributed by atoms with E-state index in [0.29, 0.717) is 24.3 Å². The molecule has 4 heteroatoms. The molecule has 0 aliphatic rings. The van der Waals surface area contributed by atoms with Crippen LogP contribution >= 0.6 is 0 Å². The van der Waals surface area contributed by atoms with Crippen molar-refractivity contribution in [1.82, 2.24) is 0 Å². The van der Waals surface area contributed by atoms with E-state index in [1.54, 1.807) is 12.1 Å². The third kappa shape index (κ3) is 5.54. The normalized spacial score (nSPS) is 10.2. The Morgan fingerprint density at radius 2 is 1.08 bits per heavy atom. The molecule has 0 aliphatic carbocycles. The highest BCUT2D eigenvalue weighted by molar-refractivity contribution is 5.74. The largest absolute Gasteiger partial charge is 0.426 e. The maximum atomic E-state index is 11.8. The van der Waals surface area contributed by atoms with Crippen LogP contribution in [-0.2, 0) is 9.59 Å². The van der Waals surface area contributed by atoms with Crippen LogP contribution < -0.4 is 9.47 Å². The van der Waals surface area contributed by atoms with Crippen molar-refractivity contribution in [2.45, 2.75) is 39.5 Å². The lowest BCUT2D eigenvalue weighted by atomic mass is 10.2. The molecule has 0 amide bonds. The van der Waals surface area contributed by atoms with E-state index >= 15 is 0 Å². The molecule has 0 bridgehead atoms. The summed E-state index contributed by atoms with van der Waals surface area (Å²) in [5, 5.41) is 0. The number of esters is 2. The Labute approximate surface area is 142 Å². The number of para-hydroxylation sites is 2. The topological polar surface area (TPSA) is 52.6 Å². The zero-order chi connectivity index (χ0) is 17.4. The standard InChI is InChI=1S/C20H22O4/c1-15-9-3-5-11-17(15)23-19(21)13-7-8-14-20(22)24-18-12-6-4-10-16(18)2/h3-6,9-12H,7-8,13-14H2,1-2H3. The van der Waals surface area contributed by atoms with Crippen molar-refractivity contribution in [3.63, 3.8) is 0 Å². The van der Waals surface area contributed by atoms with Crippen molar-refractivity contribution in [2.24, 2.45) is 0 Å². The average Bonchev–Trinajstić information content (AvgIpc) is 2.56. The molecule has 2 aromatic rings. The summed E-state index contributed by atoms with van der Waals surface area (Å²) in [4.78, 5) is 23.6. The van der Waals surface area contributed by atoms with Crippen LogP contribution in [-0.4, -0.2) is 11.9 Å². The molecule has 0 heterocycles. The van der Waals surface area contributed by atoms with Gasteiger partial charge in [0.25, 0.3) is 0 Å². The molecule has 0 spiro atoms. The molecular weight excluding hydrogens is 304 g/mol. The minimum Gasteiger partial charge on any atom is -0.426 e. The van der Waals surface area contributed by atoms with Gasteiger partial charge in [-0.05, 0) is 49.9 Å². The van der Waals surface area contributed by atoms with Crippen molar-refractivity contribution in [1.29, 1.82) is 0 Å². The third-order valence-corrected chi connectivity index (χ3v) is 3.65. The summed E-state index contributed by atoms with van der Waals surface area (Å²) >= 11 is 0. The zero-order valence-corrected chi connectivity index (χ0v) is 14.1. The van der Waals surface area contributed by atoms with Crippen LogP contribution in [0.15, 0.2) is 48.5 Å². The molecule has 0 N–H and O–H groups in total. The highest BCUT2D eigenvalue weighted by Gasteiger charge is 2.09. The molecule has 0 saturated carbocycles. The van der Waals surface area contributed by atoms with Gasteiger partial charge in [-0.15, -0.1) is 0 Å². The summed E-state index contributed by atoms with van der Waals surface area (Å²) in [7, 11) is 0. The van der Waals surface area contributed by atoms with E-state index in [0.717, 1.165) is 11.1 Å². The van der Waals surface area contributed by atoms with E-state index < -0.39 is 0 Å². The number of benzene rings is 2. The molecule has 0 unspecified atom stereocenters. The second-order valence-electron chi connectivity index (χ2n) is 5.69. The van der Waals surface area contributed by atoms with Crippen LogP contribution in [0, 0.1) is 13.8 Å². The Kier molecular flexibility index (Phi) is 6.55. The Morgan fingerprint density at radius 3 is 1.46 bits per heavy atom. The summed E-state index contributed by atoms with van der Waals surface area (Å²) < 4.78 is 10.6. The Bertz CT molecular complexity index is 645. The van der Waals surface area contributed by atoms with E-state index in [2.05, 4.69) is 0 Å². The monoisotopic (exact) mass is 326 g/mol. The average molecular weight is 326 g/mol. The van der Waals surface area contributed by atoms with E-state index in [1.807, 2.05) is 50.2 Å². The molecule has 0 fully saturated rings. The van der Waals surface area contributed by atoms with Gasteiger partial charge in [0.15, 0.2) is 0 Å².